The molecule has 0 aromatic carbocycles. The Labute approximate surface area is 79.5 Å². The lowest BCUT2D eigenvalue weighted by atomic mass is 10.1. The highest BCUT2D eigenvalue weighted by atomic mass is 16.1. The first-order chi connectivity index (χ1) is 6.38. The van der Waals surface area contributed by atoms with Gasteiger partial charge in [0.25, 0.3) is 0 Å². The van der Waals surface area contributed by atoms with Gasteiger partial charge in [-0.05, 0) is 25.7 Å². The van der Waals surface area contributed by atoms with Crippen LogP contribution in [0.25, 0.3) is 0 Å². The summed E-state index contributed by atoms with van der Waals surface area (Å²) in [4.78, 5) is 12.5. The highest BCUT2D eigenvalue weighted by Crippen LogP contribution is 2.21. The number of piperidine rings is 1. The van der Waals surface area contributed by atoms with Gasteiger partial charge in [-0.3, -0.25) is 4.90 Å². The Morgan fingerprint density at radius 1 is 1.15 bits per heavy atom. The van der Waals surface area contributed by atoms with Gasteiger partial charge in [0.2, 0.25) is 0 Å². The lowest BCUT2D eigenvalue weighted by Crippen LogP contribution is -2.43. The van der Waals surface area contributed by atoms with E-state index in [0.29, 0.717) is 6.54 Å². The van der Waals surface area contributed by atoms with Crippen LogP contribution >= 0.6 is 0 Å². The van der Waals surface area contributed by atoms with Gasteiger partial charge in [-0.15, -0.1) is 0 Å². The molecule has 1 aliphatic heterocycles. The molecule has 0 atom stereocenters. The largest absolute Gasteiger partial charge is 0.311 e. The molecule has 13 heavy (non-hydrogen) atoms. The lowest BCUT2D eigenvalue weighted by Gasteiger charge is -2.31. The van der Waals surface area contributed by atoms with Crippen molar-refractivity contribution in [2.75, 3.05) is 19.6 Å². The first kappa shape index (κ1) is 9.16. The van der Waals surface area contributed by atoms with Crippen molar-refractivity contribution in [2.45, 2.75) is 37.8 Å². The summed E-state index contributed by atoms with van der Waals surface area (Å²) in [6, 6.07) is 1.54. The maximum Gasteiger partial charge on any atom is 0.133 e. The van der Waals surface area contributed by atoms with Crippen LogP contribution in [0.3, 0.4) is 0 Å². The van der Waals surface area contributed by atoms with Crippen molar-refractivity contribution in [1.29, 1.82) is 0 Å². The van der Waals surface area contributed by atoms with E-state index < -0.39 is 0 Å². The number of hydrogen-bond acceptors (Lipinski definition) is 3. The fraction of sp³-hybridized carbons (Fsp3) is 0.900. The Bertz CT molecular complexity index is 172. The van der Waals surface area contributed by atoms with E-state index in [0.717, 1.165) is 31.5 Å². The zero-order chi connectivity index (χ0) is 9.10. The molecule has 0 radical (unpaired) electrons. The van der Waals surface area contributed by atoms with Gasteiger partial charge >= 0.3 is 0 Å². The monoisotopic (exact) mass is 182 g/mol. The molecule has 1 saturated carbocycles. The molecule has 0 spiro atoms. The molecular weight excluding hydrogens is 164 g/mol. The normalized spacial score (nSPS) is 26.2. The molecule has 3 nitrogen and oxygen atoms in total. The van der Waals surface area contributed by atoms with E-state index in [2.05, 4.69) is 10.2 Å². The topological polar surface area (TPSA) is 32.3 Å². The summed E-state index contributed by atoms with van der Waals surface area (Å²) in [5, 5.41) is 3.64. The summed E-state index contributed by atoms with van der Waals surface area (Å²) < 4.78 is 0. The van der Waals surface area contributed by atoms with Crippen LogP contribution < -0.4 is 5.32 Å². The van der Waals surface area contributed by atoms with Crippen molar-refractivity contribution >= 4 is 6.29 Å². The average molecular weight is 182 g/mol. The molecule has 0 aromatic rings. The third kappa shape index (κ3) is 2.78. The fourth-order valence-electron chi connectivity index (χ4n) is 1.97. The number of aldehydes is 1. The smallest absolute Gasteiger partial charge is 0.133 e. The maximum atomic E-state index is 10.3. The molecule has 0 unspecified atom stereocenters. The minimum Gasteiger partial charge on any atom is -0.311 e. The molecule has 2 aliphatic rings. The van der Waals surface area contributed by atoms with Crippen molar-refractivity contribution in [3.05, 3.63) is 0 Å². The number of carbonyl (C=O) groups excluding carboxylic acids is 1. The lowest BCUT2D eigenvalue weighted by molar-refractivity contribution is -0.109. The van der Waals surface area contributed by atoms with Crippen molar-refractivity contribution < 1.29 is 4.79 Å². The van der Waals surface area contributed by atoms with E-state index >= 15 is 0 Å². The molecule has 1 heterocycles. The van der Waals surface area contributed by atoms with Crippen molar-refractivity contribution in [3.8, 4) is 0 Å². The van der Waals surface area contributed by atoms with Crippen molar-refractivity contribution in [3.63, 3.8) is 0 Å². The summed E-state index contributed by atoms with van der Waals surface area (Å²) in [6.07, 6.45) is 6.17. The molecule has 3 heteroatoms. The van der Waals surface area contributed by atoms with Gasteiger partial charge in [0.1, 0.15) is 6.29 Å². The quantitative estimate of drug-likeness (QED) is 0.639. The van der Waals surface area contributed by atoms with Crippen LogP contribution in [-0.4, -0.2) is 42.9 Å². The van der Waals surface area contributed by atoms with Gasteiger partial charge in [-0.1, -0.05) is 0 Å². The van der Waals surface area contributed by atoms with Crippen LogP contribution in [0.1, 0.15) is 25.7 Å². The fourth-order valence-corrected chi connectivity index (χ4v) is 1.97. The van der Waals surface area contributed by atoms with Gasteiger partial charge in [0.15, 0.2) is 0 Å². The first-order valence-electron chi connectivity index (χ1n) is 5.30. The van der Waals surface area contributed by atoms with Crippen molar-refractivity contribution in [2.24, 2.45) is 0 Å². The molecular formula is C10H18N2O. The zero-order valence-electron chi connectivity index (χ0n) is 8.04. The first-order valence-corrected chi connectivity index (χ1v) is 5.30. The van der Waals surface area contributed by atoms with Crippen LogP contribution in [0.2, 0.25) is 0 Å². The molecule has 1 saturated heterocycles. The highest BCUT2D eigenvalue weighted by Gasteiger charge is 2.26. The SMILES string of the molecule is O=CCN1CCC(NC2CC2)CC1. The molecule has 1 aliphatic carbocycles. The Morgan fingerprint density at radius 3 is 2.31 bits per heavy atom. The van der Waals surface area contributed by atoms with Gasteiger partial charge in [-0.25, -0.2) is 0 Å². The van der Waals surface area contributed by atoms with E-state index in [1.165, 1.54) is 25.7 Å². The predicted octanol–water partition coefficient (Wildman–Crippen LogP) is 0.402. The minimum absolute atomic E-state index is 0.621. The maximum absolute atomic E-state index is 10.3. The molecule has 1 N–H and O–H groups in total. The van der Waals surface area contributed by atoms with Crippen LogP contribution in [-0.2, 0) is 4.79 Å². The molecule has 2 rings (SSSR count). The third-order valence-electron chi connectivity index (χ3n) is 2.97. The Hall–Kier alpha value is -0.410. The Morgan fingerprint density at radius 2 is 1.77 bits per heavy atom. The summed E-state index contributed by atoms with van der Waals surface area (Å²) in [5.74, 6) is 0. The second-order valence-corrected chi connectivity index (χ2v) is 4.18. The van der Waals surface area contributed by atoms with Crippen molar-refractivity contribution in [1.82, 2.24) is 10.2 Å². The van der Waals surface area contributed by atoms with E-state index in [4.69, 9.17) is 0 Å². The number of rotatable bonds is 4. The molecule has 0 amide bonds. The van der Waals surface area contributed by atoms with E-state index in [9.17, 15) is 4.79 Å². The van der Waals surface area contributed by atoms with Crippen LogP contribution in [0.4, 0.5) is 0 Å². The summed E-state index contributed by atoms with van der Waals surface area (Å²) in [7, 11) is 0. The third-order valence-corrected chi connectivity index (χ3v) is 2.97. The predicted molar refractivity (Wildman–Crippen MR) is 51.7 cm³/mol. The van der Waals surface area contributed by atoms with Gasteiger partial charge < -0.3 is 10.1 Å². The minimum atomic E-state index is 0.621. The summed E-state index contributed by atoms with van der Waals surface area (Å²) >= 11 is 0. The molecule has 74 valence electrons. The average Bonchev–Trinajstić information content (AvgIpc) is 2.93. The Kier molecular flexibility index (Phi) is 2.96. The second kappa shape index (κ2) is 4.20. The van der Waals surface area contributed by atoms with E-state index in [-0.39, 0.29) is 0 Å². The highest BCUT2D eigenvalue weighted by molar-refractivity contribution is 5.51. The molecule has 0 bridgehead atoms. The van der Waals surface area contributed by atoms with Crippen LogP contribution in [0, 0.1) is 0 Å². The van der Waals surface area contributed by atoms with Crippen LogP contribution in [0.5, 0.6) is 0 Å². The van der Waals surface area contributed by atoms with Gasteiger partial charge in [0.05, 0.1) is 6.54 Å². The standard InChI is InChI=1S/C10H18N2O/c13-8-7-12-5-3-10(4-6-12)11-9-1-2-9/h8-11H,1-7H2. The number of carbonyl (C=O) groups is 1. The number of likely N-dealkylation sites (tertiary alicyclic amines) is 1. The number of nitrogens with one attached hydrogen (secondary N) is 1. The van der Waals surface area contributed by atoms with Crippen LogP contribution in [0.15, 0.2) is 0 Å². The Balaban J connectivity index is 1.65. The summed E-state index contributed by atoms with van der Waals surface area (Å²) in [6.45, 7) is 2.79. The van der Waals surface area contributed by atoms with Gasteiger partial charge in [-0.2, -0.15) is 0 Å². The van der Waals surface area contributed by atoms with Gasteiger partial charge in [0, 0.05) is 25.2 Å². The molecule has 2 fully saturated rings. The van der Waals surface area contributed by atoms with E-state index in [1.54, 1.807) is 0 Å². The zero-order valence-corrected chi connectivity index (χ0v) is 8.04. The number of hydrogen-bond donors (Lipinski definition) is 1. The van der Waals surface area contributed by atoms with E-state index in [1.807, 2.05) is 0 Å². The summed E-state index contributed by atoms with van der Waals surface area (Å²) in [5.41, 5.74) is 0. The second-order valence-electron chi connectivity index (χ2n) is 4.18. The number of nitrogens with zero attached hydrogens (tertiary/aromatic N) is 1. The molecule has 0 aromatic heterocycles.